The fourth-order valence-corrected chi connectivity index (χ4v) is 4.53. The van der Waals surface area contributed by atoms with Gasteiger partial charge in [0.25, 0.3) is 5.92 Å². The molecule has 1 unspecified atom stereocenters. The second-order valence-electron chi connectivity index (χ2n) is 9.23. The first-order valence-corrected chi connectivity index (χ1v) is 11.1. The van der Waals surface area contributed by atoms with Gasteiger partial charge in [-0.1, -0.05) is 30.3 Å². The van der Waals surface area contributed by atoms with E-state index >= 15 is 4.39 Å². The van der Waals surface area contributed by atoms with Gasteiger partial charge in [-0.05, 0) is 43.9 Å². The molecule has 1 saturated carbocycles. The SMILES string of the molecule is CC(O)(CC(=O)Nc1nc2ccc(N3CC(F)(F)C3)c(F)c2n1C1CCC1)c1ccccc1. The van der Waals surface area contributed by atoms with Crippen molar-refractivity contribution in [3.63, 3.8) is 0 Å². The molecule has 174 valence electrons. The summed E-state index contributed by atoms with van der Waals surface area (Å²) in [5.41, 5.74) is -0.119. The van der Waals surface area contributed by atoms with Crippen LogP contribution in [0.5, 0.6) is 0 Å². The summed E-state index contributed by atoms with van der Waals surface area (Å²) in [5, 5.41) is 13.6. The van der Waals surface area contributed by atoms with Crippen LogP contribution in [-0.4, -0.2) is 39.6 Å². The number of aliphatic hydroxyl groups is 1. The molecule has 6 nitrogen and oxygen atoms in total. The zero-order valence-electron chi connectivity index (χ0n) is 18.2. The molecule has 1 aromatic heterocycles. The molecule has 0 radical (unpaired) electrons. The second kappa shape index (κ2) is 7.76. The summed E-state index contributed by atoms with van der Waals surface area (Å²) in [6, 6.07) is 11.9. The van der Waals surface area contributed by atoms with E-state index in [-0.39, 0.29) is 29.6 Å². The van der Waals surface area contributed by atoms with Crippen LogP contribution in [0.3, 0.4) is 0 Å². The maximum atomic E-state index is 15.5. The average molecular weight is 458 g/mol. The highest BCUT2D eigenvalue weighted by Crippen LogP contribution is 2.41. The first-order chi connectivity index (χ1) is 15.6. The summed E-state index contributed by atoms with van der Waals surface area (Å²) < 4.78 is 43.9. The summed E-state index contributed by atoms with van der Waals surface area (Å²) in [4.78, 5) is 18.6. The number of carbonyl (C=O) groups excluding carboxylic acids is 1. The van der Waals surface area contributed by atoms with E-state index in [0.717, 1.165) is 19.3 Å². The Morgan fingerprint density at radius 1 is 1.21 bits per heavy atom. The quantitative estimate of drug-likeness (QED) is 0.567. The summed E-state index contributed by atoms with van der Waals surface area (Å²) in [7, 11) is 0. The molecular formula is C24H25F3N4O2. The summed E-state index contributed by atoms with van der Waals surface area (Å²) in [6.45, 7) is 0.516. The van der Waals surface area contributed by atoms with E-state index in [1.807, 2.05) is 6.07 Å². The topological polar surface area (TPSA) is 70.4 Å². The molecule has 2 heterocycles. The average Bonchev–Trinajstić information content (AvgIpc) is 3.04. The van der Waals surface area contributed by atoms with Crippen molar-refractivity contribution in [2.75, 3.05) is 23.3 Å². The number of nitrogens with zero attached hydrogens (tertiary/aromatic N) is 3. The van der Waals surface area contributed by atoms with Gasteiger partial charge in [0.1, 0.15) is 5.52 Å². The Bertz CT molecular complexity index is 1200. The lowest BCUT2D eigenvalue weighted by Gasteiger charge is -2.40. The molecule has 2 aliphatic rings. The molecule has 5 rings (SSSR count). The smallest absolute Gasteiger partial charge is 0.282 e. The molecule has 1 aliphatic heterocycles. The Morgan fingerprint density at radius 3 is 2.52 bits per heavy atom. The predicted octanol–water partition coefficient (Wildman–Crippen LogP) is 4.59. The van der Waals surface area contributed by atoms with Crippen LogP contribution >= 0.6 is 0 Å². The van der Waals surface area contributed by atoms with Crippen molar-refractivity contribution in [1.29, 1.82) is 0 Å². The third-order valence-corrected chi connectivity index (χ3v) is 6.55. The van der Waals surface area contributed by atoms with E-state index in [4.69, 9.17) is 0 Å². The molecule has 2 aromatic carbocycles. The van der Waals surface area contributed by atoms with Gasteiger partial charge in [0, 0.05) is 6.04 Å². The van der Waals surface area contributed by atoms with Gasteiger partial charge in [0.05, 0.1) is 36.3 Å². The number of carbonyl (C=O) groups is 1. The molecule has 2 N–H and O–H groups in total. The van der Waals surface area contributed by atoms with Crippen LogP contribution in [0.25, 0.3) is 11.0 Å². The molecule has 9 heteroatoms. The molecule has 2 fully saturated rings. The minimum absolute atomic E-state index is 0.0393. The number of anilines is 2. The molecule has 3 aromatic rings. The normalized spacial score (nSPS) is 19.6. The van der Waals surface area contributed by atoms with Crippen LogP contribution in [-0.2, 0) is 10.4 Å². The van der Waals surface area contributed by atoms with Gasteiger partial charge in [0.2, 0.25) is 11.9 Å². The molecule has 1 atom stereocenters. The minimum Gasteiger partial charge on any atom is -0.385 e. The van der Waals surface area contributed by atoms with Crippen molar-refractivity contribution < 1.29 is 23.1 Å². The molecule has 1 saturated heterocycles. The van der Waals surface area contributed by atoms with Crippen LogP contribution in [0.2, 0.25) is 0 Å². The van der Waals surface area contributed by atoms with Gasteiger partial charge in [0.15, 0.2) is 5.82 Å². The monoisotopic (exact) mass is 458 g/mol. The Morgan fingerprint density at radius 2 is 1.91 bits per heavy atom. The van der Waals surface area contributed by atoms with E-state index in [1.165, 1.54) is 11.0 Å². The fourth-order valence-electron chi connectivity index (χ4n) is 4.53. The van der Waals surface area contributed by atoms with Gasteiger partial charge in [-0.15, -0.1) is 0 Å². The zero-order valence-corrected chi connectivity index (χ0v) is 18.2. The van der Waals surface area contributed by atoms with Crippen LogP contribution in [0.1, 0.15) is 44.2 Å². The Labute approximate surface area is 189 Å². The van der Waals surface area contributed by atoms with Crippen molar-refractivity contribution in [1.82, 2.24) is 9.55 Å². The lowest BCUT2D eigenvalue weighted by atomic mass is 9.92. The van der Waals surface area contributed by atoms with Crippen molar-refractivity contribution >= 4 is 28.6 Å². The summed E-state index contributed by atoms with van der Waals surface area (Å²) in [6.07, 6.45) is 2.38. The van der Waals surface area contributed by atoms with Gasteiger partial charge >= 0.3 is 0 Å². The van der Waals surface area contributed by atoms with Crippen LogP contribution in [0.15, 0.2) is 42.5 Å². The number of alkyl halides is 2. The highest BCUT2D eigenvalue weighted by atomic mass is 19.3. The van der Waals surface area contributed by atoms with Crippen molar-refractivity contribution in [2.24, 2.45) is 0 Å². The molecular weight excluding hydrogens is 433 g/mol. The maximum Gasteiger partial charge on any atom is 0.282 e. The maximum absolute atomic E-state index is 15.5. The van der Waals surface area contributed by atoms with E-state index in [0.29, 0.717) is 11.1 Å². The number of hydrogen-bond donors (Lipinski definition) is 2. The Hall–Kier alpha value is -3.07. The standard InChI is InChI=1S/C24H25F3N4O2/c1-23(33,15-6-3-2-4-7-15)12-19(32)29-22-28-17-10-11-18(30-13-24(26,27)14-30)20(25)21(17)31(22)16-8-5-9-16/h2-4,6-7,10-11,16,33H,5,8-9,12-14H2,1H3,(H,28,29,32). The number of hydrogen-bond acceptors (Lipinski definition) is 4. The lowest BCUT2D eigenvalue weighted by Crippen LogP contribution is -2.56. The van der Waals surface area contributed by atoms with Gasteiger partial charge in [-0.25, -0.2) is 18.2 Å². The first kappa shape index (κ1) is 21.8. The van der Waals surface area contributed by atoms with Crippen LogP contribution < -0.4 is 10.2 Å². The number of halogens is 3. The second-order valence-corrected chi connectivity index (χ2v) is 9.23. The minimum atomic E-state index is -2.82. The first-order valence-electron chi connectivity index (χ1n) is 11.1. The number of nitrogens with one attached hydrogen (secondary N) is 1. The molecule has 33 heavy (non-hydrogen) atoms. The molecule has 0 bridgehead atoms. The Kier molecular flexibility index (Phi) is 5.12. The molecule has 1 amide bonds. The number of rotatable bonds is 6. The van der Waals surface area contributed by atoms with Gasteiger partial charge in [-0.2, -0.15) is 0 Å². The van der Waals surface area contributed by atoms with Crippen molar-refractivity contribution in [3.8, 4) is 0 Å². The van der Waals surface area contributed by atoms with Crippen LogP contribution in [0, 0.1) is 5.82 Å². The van der Waals surface area contributed by atoms with E-state index < -0.39 is 36.3 Å². The van der Waals surface area contributed by atoms with Gasteiger partial charge in [-0.3, -0.25) is 10.1 Å². The van der Waals surface area contributed by atoms with E-state index in [1.54, 1.807) is 41.8 Å². The van der Waals surface area contributed by atoms with E-state index in [9.17, 15) is 18.7 Å². The number of amides is 1. The fraction of sp³-hybridized carbons (Fsp3) is 0.417. The molecule has 1 aliphatic carbocycles. The third kappa shape index (κ3) is 3.94. The summed E-state index contributed by atoms with van der Waals surface area (Å²) >= 11 is 0. The third-order valence-electron chi connectivity index (χ3n) is 6.55. The molecule has 0 spiro atoms. The predicted molar refractivity (Wildman–Crippen MR) is 119 cm³/mol. The van der Waals surface area contributed by atoms with Crippen molar-refractivity contribution in [2.45, 2.75) is 50.2 Å². The number of benzene rings is 2. The highest BCUT2D eigenvalue weighted by molar-refractivity contribution is 5.93. The van der Waals surface area contributed by atoms with E-state index in [2.05, 4.69) is 10.3 Å². The summed E-state index contributed by atoms with van der Waals surface area (Å²) in [5.74, 6) is -3.68. The van der Waals surface area contributed by atoms with Gasteiger partial charge < -0.3 is 14.6 Å². The highest BCUT2D eigenvalue weighted by Gasteiger charge is 2.45. The zero-order chi connectivity index (χ0) is 23.4. The number of fused-ring (bicyclic) bond motifs is 1. The van der Waals surface area contributed by atoms with Crippen LogP contribution in [0.4, 0.5) is 24.8 Å². The largest absolute Gasteiger partial charge is 0.385 e. The Balaban J connectivity index is 1.45. The number of aromatic nitrogens is 2. The lowest BCUT2D eigenvalue weighted by molar-refractivity contribution is -0.120. The van der Waals surface area contributed by atoms with Crippen molar-refractivity contribution in [3.05, 3.63) is 53.8 Å². The number of imidazole rings is 1.